The number of hydrogen-bond donors (Lipinski definition) is 1. The molecule has 0 aliphatic carbocycles. The number of benzene rings is 1. The van der Waals surface area contributed by atoms with Crippen LogP contribution >= 0.6 is 15.9 Å². The van der Waals surface area contributed by atoms with Gasteiger partial charge in [0.05, 0.1) is 12.1 Å². The van der Waals surface area contributed by atoms with E-state index in [-0.39, 0.29) is 12.1 Å². The number of carbonyl (C=O) groups excluding carboxylic acids is 2. The van der Waals surface area contributed by atoms with Crippen LogP contribution < -0.4 is 5.32 Å². The largest absolute Gasteiger partial charge is 0.462 e. The second-order valence-electron chi connectivity index (χ2n) is 5.20. The van der Waals surface area contributed by atoms with E-state index in [0.29, 0.717) is 5.71 Å². The Morgan fingerprint density at radius 3 is 2.52 bits per heavy atom. The first-order valence-corrected chi connectivity index (χ1v) is 7.49. The van der Waals surface area contributed by atoms with E-state index in [1.54, 1.807) is 20.8 Å². The molecule has 21 heavy (non-hydrogen) atoms. The molecule has 1 aromatic rings. The Labute approximate surface area is 131 Å². The minimum atomic E-state index is -0.605. The highest BCUT2D eigenvalue weighted by atomic mass is 79.9. The average molecular weight is 353 g/mol. The zero-order chi connectivity index (χ0) is 15.6. The Kier molecular flexibility index (Phi) is 4.77. The lowest BCUT2D eigenvalue weighted by Crippen LogP contribution is -2.44. The summed E-state index contributed by atoms with van der Waals surface area (Å²) in [4.78, 5) is 27.8. The number of amides is 2. The molecular formula is C15H17BrN2O3. The van der Waals surface area contributed by atoms with Crippen molar-refractivity contribution in [1.29, 1.82) is 0 Å². The second kappa shape index (κ2) is 6.39. The highest BCUT2D eigenvalue weighted by molar-refractivity contribution is 9.10. The van der Waals surface area contributed by atoms with Crippen molar-refractivity contribution in [3.05, 3.63) is 34.3 Å². The van der Waals surface area contributed by atoms with Gasteiger partial charge in [0.15, 0.2) is 0 Å². The normalized spacial score (nSPS) is 21.8. The number of nitrogens with one attached hydrogen (secondary N) is 1. The molecule has 1 heterocycles. The van der Waals surface area contributed by atoms with E-state index >= 15 is 0 Å². The number of rotatable bonds is 3. The van der Waals surface area contributed by atoms with Crippen LogP contribution in [-0.2, 0) is 9.53 Å². The molecule has 0 radical (unpaired) electrons. The van der Waals surface area contributed by atoms with Crippen molar-refractivity contribution < 1.29 is 14.3 Å². The van der Waals surface area contributed by atoms with Gasteiger partial charge >= 0.3 is 12.0 Å². The summed E-state index contributed by atoms with van der Waals surface area (Å²) in [5, 5.41) is 2.74. The third-order valence-corrected chi connectivity index (χ3v) is 3.70. The SMILES string of the molecule is CC1=NC(=O)NC(c2ccc(Br)cc2)C1C(=O)OC(C)C. The summed E-state index contributed by atoms with van der Waals surface area (Å²) in [6, 6.07) is 6.57. The van der Waals surface area contributed by atoms with Crippen LogP contribution in [0.25, 0.3) is 0 Å². The van der Waals surface area contributed by atoms with E-state index in [9.17, 15) is 9.59 Å². The van der Waals surface area contributed by atoms with Crippen LogP contribution in [0.1, 0.15) is 32.4 Å². The summed E-state index contributed by atoms with van der Waals surface area (Å²) in [7, 11) is 0. The smallest absolute Gasteiger partial charge is 0.341 e. The number of halogens is 1. The molecule has 0 fully saturated rings. The van der Waals surface area contributed by atoms with Crippen LogP contribution in [0.15, 0.2) is 33.7 Å². The predicted octanol–water partition coefficient (Wildman–Crippen LogP) is 3.24. The molecule has 0 saturated heterocycles. The van der Waals surface area contributed by atoms with Crippen LogP contribution in [0.4, 0.5) is 4.79 Å². The first-order chi connectivity index (χ1) is 9.88. The summed E-state index contributed by atoms with van der Waals surface area (Å²) in [5.41, 5.74) is 1.31. The molecule has 2 rings (SSSR count). The Morgan fingerprint density at radius 2 is 1.95 bits per heavy atom. The van der Waals surface area contributed by atoms with Gasteiger partial charge in [0.2, 0.25) is 0 Å². The number of ether oxygens (including phenoxy) is 1. The van der Waals surface area contributed by atoms with Gasteiger partial charge in [-0.05, 0) is 38.5 Å². The van der Waals surface area contributed by atoms with E-state index in [0.717, 1.165) is 10.0 Å². The van der Waals surface area contributed by atoms with Crippen LogP contribution in [0.3, 0.4) is 0 Å². The topological polar surface area (TPSA) is 67.8 Å². The highest BCUT2D eigenvalue weighted by Gasteiger charge is 2.38. The van der Waals surface area contributed by atoms with Crippen LogP contribution in [0.2, 0.25) is 0 Å². The summed E-state index contributed by atoms with van der Waals surface area (Å²) in [5.74, 6) is -0.981. The summed E-state index contributed by atoms with van der Waals surface area (Å²) in [6.45, 7) is 5.26. The third kappa shape index (κ3) is 3.69. The fourth-order valence-corrected chi connectivity index (χ4v) is 2.54. The van der Waals surface area contributed by atoms with Gasteiger partial charge < -0.3 is 10.1 Å². The number of hydrogen-bond acceptors (Lipinski definition) is 3. The number of aliphatic imine (C=N–C) groups is 1. The molecule has 0 bridgehead atoms. The van der Waals surface area contributed by atoms with Gasteiger partial charge in [0.1, 0.15) is 5.92 Å². The van der Waals surface area contributed by atoms with Gasteiger partial charge in [-0.15, -0.1) is 0 Å². The number of esters is 1. The molecule has 0 saturated carbocycles. The Balaban J connectivity index is 2.36. The Bertz CT molecular complexity index is 581. The quantitative estimate of drug-likeness (QED) is 0.849. The third-order valence-electron chi connectivity index (χ3n) is 3.18. The minimum absolute atomic E-state index is 0.214. The van der Waals surface area contributed by atoms with Crippen LogP contribution in [-0.4, -0.2) is 23.8 Å². The average Bonchev–Trinajstić information content (AvgIpc) is 2.37. The monoisotopic (exact) mass is 352 g/mol. The number of carbonyl (C=O) groups is 2. The zero-order valence-corrected chi connectivity index (χ0v) is 13.7. The van der Waals surface area contributed by atoms with Crippen LogP contribution in [0, 0.1) is 5.92 Å². The molecule has 5 nitrogen and oxygen atoms in total. The van der Waals surface area contributed by atoms with Crippen molar-refractivity contribution >= 4 is 33.6 Å². The first-order valence-electron chi connectivity index (χ1n) is 6.70. The molecule has 0 aromatic heterocycles. The van der Waals surface area contributed by atoms with Crippen molar-refractivity contribution in [2.24, 2.45) is 10.9 Å². The first kappa shape index (κ1) is 15.7. The van der Waals surface area contributed by atoms with Gasteiger partial charge in [0, 0.05) is 10.2 Å². The van der Waals surface area contributed by atoms with E-state index in [1.165, 1.54) is 0 Å². The maximum Gasteiger partial charge on any atom is 0.341 e. The fraction of sp³-hybridized carbons (Fsp3) is 0.400. The molecule has 2 amide bonds. The molecular weight excluding hydrogens is 336 g/mol. The molecule has 6 heteroatoms. The van der Waals surface area contributed by atoms with E-state index in [2.05, 4.69) is 26.2 Å². The van der Waals surface area contributed by atoms with Crippen molar-refractivity contribution in [3.8, 4) is 0 Å². The predicted molar refractivity (Wildman–Crippen MR) is 83.2 cm³/mol. The van der Waals surface area contributed by atoms with Crippen LogP contribution in [0.5, 0.6) is 0 Å². The lowest BCUT2D eigenvalue weighted by molar-refractivity contribution is -0.150. The molecule has 1 aliphatic rings. The molecule has 112 valence electrons. The Hall–Kier alpha value is -1.69. The second-order valence-corrected chi connectivity index (χ2v) is 6.11. The van der Waals surface area contributed by atoms with Crippen molar-refractivity contribution in [2.45, 2.75) is 32.9 Å². The molecule has 1 N–H and O–H groups in total. The molecule has 1 aromatic carbocycles. The van der Waals surface area contributed by atoms with Crippen molar-refractivity contribution in [3.63, 3.8) is 0 Å². The molecule has 2 atom stereocenters. The molecule has 2 unspecified atom stereocenters. The molecule has 1 aliphatic heterocycles. The van der Waals surface area contributed by atoms with Crippen molar-refractivity contribution in [2.75, 3.05) is 0 Å². The van der Waals surface area contributed by atoms with Gasteiger partial charge in [-0.1, -0.05) is 28.1 Å². The molecule has 0 spiro atoms. The summed E-state index contributed by atoms with van der Waals surface area (Å²) >= 11 is 3.37. The number of nitrogens with zero attached hydrogens (tertiary/aromatic N) is 1. The highest BCUT2D eigenvalue weighted by Crippen LogP contribution is 2.29. The number of urea groups is 1. The van der Waals surface area contributed by atoms with E-state index < -0.39 is 18.0 Å². The van der Waals surface area contributed by atoms with Crippen molar-refractivity contribution in [1.82, 2.24) is 5.32 Å². The van der Waals surface area contributed by atoms with E-state index in [4.69, 9.17) is 4.74 Å². The maximum absolute atomic E-state index is 12.3. The van der Waals surface area contributed by atoms with Gasteiger partial charge in [-0.25, -0.2) is 9.79 Å². The summed E-state index contributed by atoms with van der Waals surface area (Å²) in [6.07, 6.45) is -0.214. The van der Waals surface area contributed by atoms with Gasteiger partial charge in [-0.3, -0.25) is 4.79 Å². The lowest BCUT2D eigenvalue weighted by Gasteiger charge is -2.30. The summed E-state index contributed by atoms with van der Waals surface area (Å²) < 4.78 is 6.22. The standard InChI is InChI=1S/C15H17BrN2O3/c1-8(2)21-14(19)12-9(3)17-15(20)18-13(12)10-4-6-11(16)7-5-10/h4-8,12-13H,1-3H3,(H,18,20). The van der Waals surface area contributed by atoms with Gasteiger partial charge in [-0.2, -0.15) is 0 Å². The van der Waals surface area contributed by atoms with E-state index in [1.807, 2.05) is 24.3 Å². The van der Waals surface area contributed by atoms with Gasteiger partial charge in [0.25, 0.3) is 0 Å². The zero-order valence-electron chi connectivity index (χ0n) is 12.1. The lowest BCUT2D eigenvalue weighted by atomic mass is 9.88. The fourth-order valence-electron chi connectivity index (χ4n) is 2.28. The maximum atomic E-state index is 12.3. The Morgan fingerprint density at radius 1 is 1.33 bits per heavy atom. The minimum Gasteiger partial charge on any atom is -0.462 e.